The van der Waals surface area contributed by atoms with E-state index in [1.165, 1.54) is 18.2 Å². The van der Waals surface area contributed by atoms with Gasteiger partial charge in [-0.05, 0) is 24.3 Å². The van der Waals surface area contributed by atoms with Crippen LogP contribution < -0.4 is 5.32 Å². The van der Waals surface area contributed by atoms with Crippen LogP contribution in [0.15, 0.2) is 41.6 Å². The lowest BCUT2D eigenvalue weighted by molar-refractivity contribution is -0.120. The Hall–Kier alpha value is -1.59. The molecule has 5 heteroatoms. The molecule has 1 saturated carbocycles. The zero-order chi connectivity index (χ0) is 16.1. The third-order valence-corrected chi connectivity index (χ3v) is 5.38. The number of aliphatic hydroxyl groups is 1. The van der Waals surface area contributed by atoms with Gasteiger partial charge in [0, 0.05) is 18.1 Å². The van der Waals surface area contributed by atoms with Crippen molar-refractivity contribution in [2.24, 2.45) is 0 Å². The number of benzene rings is 1. The fourth-order valence-electron chi connectivity index (χ4n) is 3.04. The van der Waals surface area contributed by atoms with Crippen molar-refractivity contribution in [1.29, 1.82) is 0 Å². The molecule has 0 radical (unpaired) electrons. The van der Waals surface area contributed by atoms with Gasteiger partial charge in [-0.3, -0.25) is 4.79 Å². The summed E-state index contributed by atoms with van der Waals surface area (Å²) in [5.41, 5.74) is -0.712. The van der Waals surface area contributed by atoms with Gasteiger partial charge >= 0.3 is 0 Å². The number of thioether (sulfide) groups is 1. The number of hydrogen-bond acceptors (Lipinski definition) is 4. The van der Waals surface area contributed by atoms with E-state index in [9.17, 15) is 9.90 Å². The Morgan fingerprint density at radius 1 is 1.22 bits per heavy atom. The number of amides is 1. The highest BCUT2D eigenvalue weighted by Gasteiger charge is 2.29. The maximum Gasteiger partial charge on any atom is 0.230 e. The second-order valence-electron chi connectivity index (χ2n) is 6.19. The summed E-state index contributed by atoms with van der Waals surface area (Å²) in [5, 5.41) is 16.4. The molecule has 0 bridgehead atoms. The van der Waals surface area contributed by atoms with Gasteiger partial charge in [-0.1, -0.05) is 55.3 Å². The second-order valence-corrected chi connectivity index (χ2v) is 7.15. The molecule has 23 heavy (non-hydrogen) atoms. The lowest BCUT2D eigenvalue weighted by Gasteiger charge is -2.32. The third kappa shape index (κ3) is 4.24. The van der Waals surface area contributed by atoms with E-state index in [0.29, 0.717) is 12.3 Å². The van der Waals surface area contributed by atoms with E-state index in [4.69, 9.17) is 0 Å². The summed E-state index contributed by atoms with van der Waals surface area (Å²) in [5.74, 6) is 0.264. The maximum atomic E-state index is 12.1. The molecule has 1 fully saturated rings. The zero-order valence-electron chi connectivity index (χ0n) is 13.1. The quantitative estimate of drug-likeness (QED) is 0.827. The van der Waals surface area contributed by atoms with Crippen LogP contribution in [0.5, 0.6) is 0 Å². The lowest BCUT2D eigenvalue weighted by atomic mass is 9.85. The third-order valence-electron chi connectivity index (χ3n) is 4.38. The molecule has 2 aromatic rings. The Balaban J connectivity index is 1.54. The van der Waals surface area contributed by atoms with Crippen LogP contribution in [0, 0.1) is 0 Å². The fraction of sp³-hybridized carbons (Fsp3) is 0.444. The van der Waals surface area contributed by atoms with Crippen LogP contribution in [0.2, 0.25) is 0 Å². The van der Waals surface area contributed by atoms with E-state index >= 15 is 0 Å². The highest BCUT2D eigenvalue weighted by Crippen LogP contribution is 2.28. The molecule has 0 spiro atoms. The summed E-state index contributed by atoms with van der Waals surface area (Å²) in [6, 6.07) is 10.0. The molecule has 122 valence electrons. The van der Waals surface area contributed by atoms with Crippen molar-refractivity contribution in [3.8, 4) is 0 Å². The molecule has 0 aliphatic heterocycles. The molecule has 1 aliphatic carbocycles. The molecule has 1 aromatic heterocycles. The molecule has 1 aliphatic rings. The Labute approximate surface area is 140 Å². The summed E-state index contributed by atoms with van der Waals surface area (Å²) in [7, 11) is 0. The molecule has 0 unspecified atom stereocenters. The Morgan fingerprint density at radius 2 is 2.00 bits per heavy atom. The second kappa shape index (κ2) is 7.32. The van der Waals surface area contributed by atoms with Crippen LogP contribution in [-0.2, 0) is 4.79 Å². The molecule has 1 amide bonds. The van der Waals surface area contributed by atoms with Crippen molar-refractivity contribution in [2.45, 2.75) is 42.7 Å². The minimum atomic E-state index is -0.712. The van der Waals surface area contributed by atoms with E-state index in [1.807, 2.05) is 30.3 Å². The van der Waals surface area contributed by atoms with Crippen LogP contribution in [-0.4, -0.2) is 33.9 Å². The van der Waals surface area contributed by atoms with E-state index in [2.05, 4.69) is 10.3 Å². The van der Waals surface area contributed by atoms with Crippen LogP contribution in [0.4, 0.5) is 0 Å². The normalized spacial score (nSPS) is 17.1. The van der Waals surface area contributed by atoms with Crippen molar-refractivity contribution < 1.29 is 9.90 Å². The summed E-state index contributed by atoms with van der Waals surface area (Å²) in [6.45, 7) is 0.357. The average Bonchev–Trinajstić information content (AvgIpc) is 2.59. The first kappa shape index (κ1) is 16.3. The number of fused-ring (bicyclic) bond motifs is 1. The van der Waals surface area contributed by atoms with Crippen LogP contribution >= 0.6 is 11.8 Å². The predicted octanol–water partition coefficient (Wildman–Crippen LogP) is 3.14. The first-order valence-electron chi connectivity index (χ1n) is 8.12. The van der Waals surface area contributed by atoms with Crippen molar-refractivity contribution in [3.05, 3.63) is 36.5 Å². The van der Waals surface area contributed by atoms with Gasteiger partial charge in [0.15, 0.2) is 0 Å². The minimum Gasteiger partial charge on any atom is -0.388 e. The summed E-state index contributed by atoms with van der Waals surface area (Å²) in [4.78, 5) is 16.4. The average molecular weight is 330 g/mol. The van der Waals surface area contributed by atoms with Crippen molar-refractivity contribution in [1.82, 2.24) is 10.3 Å². The molecule has 0 atom stereocenters. The van der Waals surface area contributed by atoms with Crippen LogP contribution in [0.1, 0.15) is 32.1 Å². The van der Waals surface area contributed by atoms with Gasteiger partial charge in [0.2, 0.25) is 5.91 Å². The standard InChI is InChI=1S/C18H22N2O2S/c21-16(20-13-18(22)9-4-1-5-10-18)12-23-17-15-7-3-2-6-14(15)8-11-19-17/h2-3,6-8,11,22H,1,4-5,9-10,12-13H2,(H,20,21). The van der Waals surface area contributed by atoms with E-state index < -0.39 is 5.60 Å². The molecule has 3 rings (SSSR count). The highest BCUT2D eigenvalue weighted by molar-refractivity contribution is 8.00. The molecule has 1 aromatic carbocycles. The molecule has 0 saturated heterocycles. The summed E-state index contributed by atoms with van der Waals surface area (Å²) in [6.07, 6.45) is 6.60. The monoisotopic (exact) mass is 330 g/mol. The molecule has 2 N–H and O–H groups in total. The highest BCUT2D eigenvalue weighted by atomic mass is 32.2. The minimum absolute atomic E-state index is 0.0521. The van der Waals surface area contributed by atoms with Crippen LogP contribution in [0.25, 0.3) is 10.8 Å². The Bertz CT molecular complexity index is 678. The van der Waals surface area contributed by atoms with Gasteiger partial charge in [-0.2, -0.15) is 0 Å². The number of aromatic nitrogens is 1. The largest absolute Gasteiger partial charge is 0.388 e. The number of nitrogens with one attached hydrogen (secondary N) is 1. The first-order chi connectivity index (χ1) is 11.2. The van der Waals surface area contributed by atoms with Crippen LogP contribution in [0.3, 0.4) is 0 Å². The Morgan fingerprint density at radius 3 is 2.83 bits per heavy atom. The first-order valence-corrected chi connectivity index (χ1v) is 9.11. The molecule has 4 nitrogen and oxygen atoms in total. The summed E-state index contributed by atoms with van der Waals surface area (Å²) >= 11 is 1.44. The van der Waals surface area contributed by atoms with Crippen molar-refractivity contribution in [2.75, 3.05) is 12.3 Å². The lowest BCUT2D eigenvalue weighted by Crippen LogP contribution is -2.44. The predicted molar refractivity (Wildman–Crippen MR) is 93.5 cm³/mol. The topological polar surface area (TPSA) is 62.2 Å². The number of hydrogen-bond donors (Lipinski definition) is 2. The number of pyridine rings is 1. The van der Waals surface area contributed by atoms with Gasteiger partial charge in [0.1, 0.15) is 5.03 Å². The smallest absolute Gasteiger partial charge is 0.230 e. The summed E-state index contributed by atoms with van der Waals surface area (Å²) < 4.78 is 0. The van der Waals surface area contributed by atoms with Gasteiger partial charge in [-0.25, -0.2) is 4.98 Å². The van der Waals surface area contributed by atoms with Gasteiger partial charge < -0.3 is 10.4 Å². The maximum absolute atomic E-state index is 12.1. The zero-order valence-corrected chi connectivity index (χ0v) is 13.9. The Kier molecular flexibility index (Phi) is 5.18. The number of rotatable bonds is 5. The van der Waals surface area contributed by atoms with Crippen molar-refractivity contribution >= 4 is 28.4 Å². The fourth-order valence-corrected chi connectivity index (χ4v) is 3.89. The number of carbonyl (C=O) groups excluding carboxylic acids is 1. The van der Waals surface area contributed by atoms with E-state index in [0.717, 1.165) is 41.5 Å². The molecule has 1 heterocycles. The van der Waals surface area contributed by atoms with E-state index in [-0.39, 0.29) is 5.91 Å². The van der Waals surface area contributed by atoms with Crippen molar-refractivity contribution in [3.63, 3.8) is 0 Å². The van der Waals surface area contributed by atoms with E-state index in [1.54, 1.807) is 6.20 Å². The molecular weight excluding hydrogens is 308 g/mol. The number of nitrogens with zero attached hydrogens (tertiary/aromatic N) is 1. The molecular formula is C18H22N2O2S. The van der Waals surface area contributed by atoms with Gasteiger partial charge in [0.25, 0.3) is 0 Å². The SMILES string of the molecule is O=C(CSc1nccc2ccccc12)NCC1(O)CCCCC1. The van der Waals surface area contributed by atoms with Gasteiger partial charge in [0.05, 0.1) is 11.4 Å². The number of carbonyl (C=O) groups is 1. The van der Waals surface area contributed by atoms with Gasteiger partial charge in [-0.15, -0.1) is 0 Å².